The Labute approximate surface area is 200 Å². The maximum absolute atomic E-state index is 12.2. The van der Waals surface area contributed by atoms with Gasteiger partial charge in [-0.3, -0.25) is 9.78 Å². The number of nitrogens with two attached hydrogens (primary N) is 1. The number of primary amides is 1. The van der Waals surface area contributed by atoms with E-state index in [4.69, 9.17) is 15.2 Å². The summed E-state index contributed by atoms with van der Waals surface area (Å²) >= 11 is 0. The van der Waals surface area contributed by atoms with Crippen LogP contribution in [0.25, 0.3) is 22.0 Å². The maximum Gasteiger partial charge on any atom is 0.335 e. The second-order valence-electron chi connectivity index (χ2n) is 7.63. The van der Waals surface area contributed by atoms with Crippen LogP contribution in [0.15, 0.2) is 48.8 Å². The highest BCUT2D eigenvalue weighted by Gasteiger charge is 2.17. The summed E-state index contributed by atoms with van der Waals surface area (Å²) in [7, 11) is 2.97. The first-order valence-electron chi connectivity index (χ1n) is 10.7. The second kappa shape index (κ2) is 9.64. The predicted molar refractivity (Wildman–Crippen MR) is 130 cm³/mol. The van der Waals surface area contributed by atoms with Crippen LogP contribution in [0.2, 0.25) is 0 Å². The van der Waals surface area contributed by atoms with Crippen molar-refractivity contribution >= 4 is 34.2 Å². The number of hydrogen-bond acceptors (Lipinski definition) is 8. The van der Waals surface area contributed by atoms with Crippen LogP contribution in [0, 0.1) is 0 Å². The van der Waals surface area contributed by atoms with Crippen LogP contribution in [0.3, 0.4) is 0 Å². The van der Waals surface area contributed by atoms with Gasteiger partial charge >= 0.3 is 12.0 Å². The van der Waals surface area contributed by atoms with Gasteiger partial charge in [-0.15, -0.1) is 0 Å². The Kier molecular flexibility index (Phi) is 6.45. The molecule has 1 amide bonds. The number of carboxylic acid groups (broad SMARTS) is 1. The Morgan fingerprint density at radius 3 is 2.51 bits per heavy atom. The van der Waals surface area contributed by atoms with Gasteiger partial charge in [0.05, 0.1) is 42.1 Å². The number of carbonyl (C=O) groups is 2. The Balaban J connectivity index is 1.85. The first-order chi connectivity index (χ1) is 16.8. The van der Waals surface area contributed by atoms with E-state index in [1.807, 2.05) is 25.1 Å². The van der Waals surface area contributed by atoms with E-state index in [1.165, 1.54) is 26.5 Å². The standard InChI is InChI=1S/C25H23N5O5/c1-4-13-7-15(24(32)33)9-16(8-13)29-21-17-6-5-14(10-20(17)27-12-19(21)22(26)31)18-11-28-25(35-3)30-23(18)34-2/h5-12H,4H2,1-3H3,(H2,26,31)(H,27,29)(H,32,33). The van der Waals surface area contributed by atoms with Crippen molar-refractivity contribution in [2.45, 2.75) is 13.3 Å². The fourth-order valence-electron chi connectivity index (χ4n) is 3.72. The largest absolute Gasteiger partial charge is 0.480 e. The van der Waals surface area contributed by atoms with Gasteiger partial charge in [0, 0.05) is 23.5 Å². The molecule has 35 heavy (non-hydrogen) atoms. The van der Waals surface area contributed by atoms with Crippen molar-refractivity contribution in [3.8, 4) is 23.0 Å². The van der Waals surface area contributed by atoms with E-state index in [-0.39, 0.29) is 17.1 Å². The number of amides is 1. The number of aromatic nitrogens is 3. The molecular formula is C25H23N5O5. The van der Waals surface area contributed by atoms with Gasteiger partial charge in [-0.2, -0.15) is 4.98 Å². The van der Waals surface area contributed by atoms with Gasteiger partial charge in [0.15, 0.2) is 0 Å². The lowest BCUT2D eigenvalue weighted by atomic mass is 10.0. The number of nitrogens with zero attached hydrogens (tertiary/aromatic N) is 3. The van der Waals surface area contributed by atoms with Crippen LogP contribution < -0.4 is 20.5 Å². The molecule has 0 saturated carbocycles. The fourth-order valence-corrected chi connectivity index (χ4v) is 3.72. The minimum absolute atomic E-state index is 0.139. The molecule has 0 fully saturated rings. The number of nitrogens with one attached hydrogen (secondary N) is 1. The first-order valence-corrected chi connectivity index (χ1v) is 10.7. The fraction of sp³-hybridized carbons (Fsp3) is 0.160. The van der Waals surface area contributed by atoms with Gasteiger partial charge in [0.25, 0.3) is 5.91 Å². The van der Waals surface area contributed by atoms with Gasteiger partial charge in [-0.05, 0) is 41.8 Å². The van der Waals surface area contributed by atoms with Gasteiger partial charge in [-0.1, -0.05) is 19.1 Å². The molecule has 4 aromatic rings. The van der Waals surface area contributed by atoms with Crippen molar-refractivity contribution in [2.75, 3.05) is 19.5 Å². The molecule has 2 aromatic heterocycles. The Morgan fingerprint density at radius 1 is 1.06 bits per heavy atom. The van der Waals surface area contributed by atoms with E-state index < -0.39 is 11.9 Å². The van der Waals surface area contributed by atoms with Crippen LogP contribution in [0.5, 0.6) is 11.9 Å². The van der Waals surface area contributed by atoms with Crippen molar-refractivity contribution in [3.63, 3.8) is 0 Å². The number of aromatic carboxylic acids is 1. The molecule has 4 N–H and O–H groups in total. The van der Waals surface area contributed by atoms with E-state index in [0.29, 0.717) is 40.1 Å². The van der Waals surface area contributed by atoms with Crippen LogP contribution in [0.1, 0.15) is 33.2 Å². The highest BCUT2D eigenvalue weighted by atomic mass is 16.5. The van der Waals surface area contributed by atoms with Crippen molar-refractivity contribution in [3.05, 3.63) is 65.5 Å². The topological polar surface area (TPSA) is 150 Å². The molecular weight excluding hydrogens is 450 g/mol. The van der Waals surface area contributed by atoms with Gasteiger partial charge in [0.2, 0.25) is 5.88 Å². The summed E-state index contributed by atoms with van der Waals surface area (Å²) in [6.45, 7) is 1.93. The number of fused-ring (bicyclic) bond motifs is 1. The minimum Gasteiger partial charge on any atom is -0.480 e. The van der Waals surface area contributed by atoms with E-state index in [1.54, 1.807) is 18.3 Å². The van der Waals surface area contributed by atoms with E-state index in [2.05, 4.69) is 20.3 Å². The van der Waals surface area contributed by atoms with E-state index >= 15 is 0 Å². The summed E-state index contributed by atoms with van der Waals surface area (Å²) < 4.78 is 10.4. The Hall–Kier alpha value is -4.73. The average Bonchev–Trinajstić information content (AvgIpc) is 2.87. The van der Waals surface area contributed by atoms with Crippen LogP contribution in [-0.2, 0) is 6.42 Å². The number of pyridine rings is 1. The molecule has 0 aliphatic rings. The smallest absolute Gasteiger partial charge is 0.335 e. The summed E-state index contributed by atoms with van der Waals surface area (Å²) in [6, 6.07) is 10.5. The molecule has 2 heterocycles. The summed E-state index contributed by atoms with van der Waals surface area (Å²) in [6.07, 6.45) is 3.62. The number of rotatable bonds is 8. The van der Waals surface area contributed by atoms with Gasteiger partial charge in [-0.25, -0.2) is 9.78 Å². The highest BCUT2D eigenvalue weighted by Crippen LogP contribution is 2.35. The Bertz CT molecular complexity index is 1450. The summed E-state index contributed by atoms with van der Waals surface area (Å²) in [5.41, 5.74) is 9.65. The third kappa shape index (κ3) is 4.67. The molecule has 10 heteroatoms. The second-order valence-corrected chi connectivity index (χ2v) is 7.63. The zero-order chi connectivity index (χ0) is 25.1. The number of ether oxygens (including phenoxy) is 2. The van der Waals surface area contributed by atoms with E-state index in [9.17, 15) is 14.7 Å². The zero-order valence-corrected chi connectivity index (χ0v) is 19.3. The molecule has 0 aliphatic heterocycles. The summed E-state index contributed by atoms with van der Waals surface area (Å²) in [4.78, 5) is 36.6. The minimum atomic E-state index is -1.04. The van der Waals surface area contributed by atoms with E-state index in [0.717, 1.165) is 11.1 Å². The van der Waals surface area contributed by atoms with Crippen LogP contribution in [0.4, 0.5) is 11.4 Å². The third-order valence-electron chi connectivity index (χ3n) is 5.47. The Morgan fingerprint density at radius 2 is 1.86 bits per heavy atom. The molecule has 0 unspecified atom stereocenters. The molecule has 0 atom stereocenters. The average molecular weight is 473 g/mol. The third-order valence-corrected chi connectivity index (χ3v) is 5.47. The summed E-state index contributed by atoms with van der Waals surface area (Å²) in [5, 5.41) is 13.3. The molecule has 0 bridgehead atoms. The molecule has 0 saturated heterocycles. The van der Waals surface area contributed by atoms with Crippen molar-refractivity contribution in [2.24, 2.45) is 5.73 Å². The van der Waals surface area contributed by atoms with Gasteiger partial charge < -0.3 is 25.6 Å². The van der Waals surface area contributed by atoms with Crippen molar-refractivity contribution in [1.29, 1.82) is 0 Å². The van der Waals surface area contributed by atoms with Crippen molar-refractivity contribution in [1.82, 2.24) is 15.0 Å². The number of methoxy groups -OCH3 is 2. The number of carboxylic acids is 1. The molecule has 10 nitrogen and oxygen atoms in total. The van der Waals surface area contributed by atoms with Crippen LogP contribution in [-0.4, -0.2) is 46.2 Å². The molecule has 0 radical (unpaired) electrons. The van der Waals surface area contributed by atoms with Crippen LogP contribution >= 0.6 is 0 Å². The number of benzene rings is 2. The lowest BCUT2D eigenvalue weighted by Crippen LogP contribution is -2.14. The lowest BCUT2D eigenvalue weighted by Gasteiger charge is -2.15. The molecule has 2 aromatic carbocycles. The number of hydrogen-bond donors (Lipinski definition) is 3. The predicted octanol–water partition coefficient (Wildman–Crippen LogP) is 3.81. The number of aryl methyl sites for hydroxylation is 1. The molecule has 4 rings (SSSR count). The normalized spacial score (nSPS) is 10.7. The quantitative estimate of drug-likeness (QED) is 0.347. The number of anilines is 2. The highest BCUT2D eigenvalue weighted by molar-refractivity contribution is 6.08. The van der Waals surface area contributed by atoms with Gasteiger partial charge in [0.1, 0.15) is 0 Å². The summed E-state index contributed by atoms with van der Waals surface area (Å²) in [5.74, 6) is -1.37. The SMILES string of the molecule is CCc1cc(Nc2c(C(N)=O)cnc3cc(-c4cnc(OC)nc4OC)ccc23)cc(C(=O)O)c1. The molecule has 178 valence electrons. The molecule has 0 spiro atoms. The first kappa shape index (κ1) is 23.4. The number of carbonyl (C=O) groups excluding carboxylic acids is 1. The van der Waals surface area contributed by atoms with Crippen molar-refractivity contribution < 1.29 is 24.2 Å². The lowest BCUT2D eigenvalue weighted by molar-refractivity contribution is 0.0696. The monoisotopic (exact) mass is 473 g/mol. The molecule has 0 aliphatic carbocycles. The maximum atomic E-state index is 12.2. The zero-order valence-electron chi connectivity index (χ0n) is 19.3.